The Balaban J connectivity index is 1.40. The summed E-state index contributed by atoms with van der Waals surface area (Å²) < 4.78 is 1.52. The van der Waals surface area contributed by atoms with Gasteiger partial charge in [0.25, 0.3) is 11.5 Å². The minimum absolute atomic E-state index is 0.0462. The fourth-order valence-electron chi connectivity index (χ4n) is 2.51. The van der Waals surface area contributed by atoms with Crippen LogP contribution in [0.1, 0.15) is 21.1 Å². The number of carbonyl (C=O) groups is 1. The van der Waals surface area contributed by atoms with Gasteiger partial charge < -0.3 is 10.3 Å². The molecule has 0 bridgehead atoms. The van der Waals surface area contributed by atoms with Crippen molar-refractivity contribution in [3.05, 3.63) is 82.0 Å². The highest BCUT2D eigenvalue weighted by Crippen LogP contribution is 2.24. The lowest BCUT2D eigenvalue weighted by atomic mass is 10.2. The van der Waals surface area contributed by atoms with Crippen molar-refractivity contribution in [2.75, 3.05) is 0 Å². The smallest absolute Gasteiger partial charge is 0.263 e. The average Bonchev–Trinajstić information content (AvgIpc) is 3.39. The van der Waals surface area contributed by atoms with Crippen LogP contribution in [0.15, 0.2) is 60.2 Å². The third-order valence-electron chi connectivity index (χ3n) is 3.87. The lowest BCUT2D eigenvalue weighted by Crippen LogP contribution is -2.30. The molecular weight excluding hydrogens is 378 g/mol. The van der Waals surface area contributed by atoms with Gasteiger partial charge in [-0.25, -0.2) is 19.6 Å². The van der Waals surface area contributed by atoms with E-state index in [1.54, 1.807) is 6.20 Å². The molecule has 4 aromatic rings. The zero-order valence-electron chi connectivity index (χ0n) is 14.6. The van der Waals surface area contributed by atoms with E-state index < -0.39 is 11.5 Å². The molecule has 1 aromatic carbocycles. The molecule has 0 saturated heterocycles. The normalized spacial score (nSPS) is 10.7. The maximum Gasteiger partial charge on any atom is 0.263 e. The van der Waals surface area contributed by atoms with Gasteiger partial charge in [0.2, 0.25) is 0 Å². The summed E-state index contributed by atoms with van der Waals surface area (Å²) in [6, 6.07) is 9.80. The Hall–Kier alpha value is -3.66. The molecular formula is C18H15N7O2S. The third kappa shape index (κ3) is 4.01. The van der Waals surface area contributed by atoms with E-state index in [1.165, 1.54) is 34.9 Å². The van der Waals surface area contributed by atoms with Crippen LogP contribution in [0.3, 0.4) is 0 Å². The Bertz CT molecular complexity index is 1140. The molecule has 0 radical (unpaired) electrons. The van der Waals surface area contributed by atoms with Gasteiger partial charge in [-0.05, 0) is 0 Å². The predicted octanol–water partition coefficient (Wildman–Crippen LogP) is 1.46. The van der Waals surface area contributed by atoms with Crippen molar-refractivity contribution in [1.29, 1.82) is 0 Å². The van der Waals surface area contributed by atoms with E-state index in [1.807, 2.05) is 30.3 Å². The largest absolute Gasteiger partial charge is 0.347 e. The Labute approximate surface area is 163 Å². The first-order chi connectivity index (χ1) is 13.7. The summed E-state index contributed by atoms with van der Waals surface area (Å²) in [5.41, 5.74) is 0.473. The van der Waals surface area contributed by atoms with Crippen LogP contribution in [0, 0.1) is 0 Å². The molecule has 0 fully saturated rings. The van der Waals surface area contributed by atoms with Gasteiger partial charge in [0.1, 0.15) is 35.6 Å². The zero-order chi connectivity index (χ0) is 19.3. The molecule has 10 heteroatoms. The minimum Gasteiger partial charge on any atom is -0.347 e. The first-order valence-corrected chi connectivity index (χ1v) is 9.19. The molecule has 0 atom stereocenters. The molecule has 4 rings (SSSR count). The predicted molar refractivity (Wildman–Crippen MR) is 103 cm³/mol. The van der Waals surface area contributed by atoms with E-state index in [-0.39, 0.29) is 18.7 Å². The molecule has 3 heterocycles. The van der Waals surface area contributed by atoms with Gasteiger partial charge in [0.15, 0.2) is 0 Å². The number of hydrogen-bond acceptors (Lipinski definition) is 7. The number of nitrogens with one attached hydrogen (secondary N) is 2. The Morgan fingerprint density at radius 1 is 1.18 bits per heavy atom. The third-order valence-corrected chi connectivity index (χ3v) is 4.92. The van der Waals surface area contributed by atoms with Gasteiger partial charge >= 0.3 is 0 Å². The van der Waals surface area contributed by atoms with Gasteiger partial charge in [-0.2, -0.15) is 5.10 Å². The lowest BCUT2D eigenvalue weighted by Gasteiger charge is -2.04. The van der Waals surface area contributed by atoms with Crippen LogP contribution in [0.25, 0.3) is 10.6 Å². The molecule has 1 amide bonds. The van der Waals surface area contributed by atoms with Gasteiger partial charge in [0.05, 0.1) is 6.54 Å². The van der Waals surface area contributed by atoms with Crippen LogP contribution < -0.4 is 10.9 Å². The Morgan fingerprint density at radius 3 is 2.79 bits per heavy atom. The van der Waals surface area contributed by atoms with Crippen LogP contribution in [0.2, 0.25) is 0 Å². The number of carbonyl (C=O) groups excluding carboxylic acids is 1. The second-order valence-corrected chi connectivity index (χ2v) is 6.96. The molecule has 0 aliphatic heterocycles. The second-order valence-electron chi connectivity index (χ2n) is 5.85. The maximum atomic E-state index is 12.3. The number of aromatic amines is 1. The maximum absolute atomic E-state index is 12.3. The SMILES string of the molecule is O=C(NCc1cnc(-c2ccccc2)s1)c1cnc(Cn2cncn2)[nH]c1=O. The summed E-state index contributed by atoms with van der Waals surface area (Å²) in [5.74, 6) is -0.0993. The molecule has 0 spiro atoms. The molecule has 9 nitrogen and oxygen atoms in total. The van der Waals surface area contributed by atoms with Gasteiger partial charge in [0, 0.05) is 22.8 Å². The first-order valence-electron chi connectivity index (χ1n) is 8.38. The van der Waals surface area contributed by atoms with Gasteiger partial charge in [-0.15, -0.1) is 11.3 Å². The molecule has 140 valence electrons. The highest BCUT2D eigenvalue weighted by Gasteiger charge is 2.13. The molecule has 0 unspecified atom stereocenters. The standard InChI is InChI=1S/C18H15N7O2S/c26-16(14-8-20-15(24-17(14)27)9-25-11-19-10-23-25)21-6-13-7-22-18(28-13)12-4-2-1-3-5-12/h1-5,7-8,10-11H,6,9H2,(H,21,26)(H,20,24,27). The number of aromatic nitrogens is 6. The number of nitrogens with zero attached hydrogens (tertiary/aromatic N) is 5. The van der Waals surface area contributed by atoms with Crippen molar-refractivity contribution in [1.82, 2.24) is 35.0 Å². The number of H-pyrrole nitrogens is 1. The van der Waals surface area contributed by atoms with Crippen molar-refractivity contribution in [3.63, 3.8) is 0 Å². The monoisotopic (exact) mass is 393 g/mol. The Kier molecular flexibility index (Phi) is 5.02. The summed E-state index contributed by atoms with van der Waals surface area (Å²) in [6.07, 6.45) is 5.89. The molecule has 0 aliphatic rings. The van der Waals surface area contributed by atoms with Crippen molar-refractivity contribution >= 4 is 17.2 Å². The number of rotatable bonds is 6. The molecule has 2 N–H and O–H groups in total. The van der Waals surface area contributed by atoms with Crippen molar-refractivity contribution in [2.24, 2.45) is 0 Å². The molecule has 0 saturated carbocycles. The van der Waals surface area contributed by atoms with E-state index in [2.05, 4.69) is 30.4 Å². The van der Waals surface area contributed by atoms with Crippen LogP contribution >= 0.6 is 11.3 Å². The van der Waals surface area contributed by atoms with Crippen molar-refractivity contribution < 1.29 is 4.79 Å². The van der Waals surface area contributed by atoms with Crippen LogP contribution in [0.4, 0.5) is 0 Å². The summed E-state index contributed by atoms with van der Waals surface area (Å²) in [6.45, 7) is 0.545. The summed E-state index contributed by atoms with van der Waals surface area (Å²) in [5, 5.41) is 7.55. The van der Waals surface area contributed by atoms with E-state index in [4.69, 9.17) is 0 Å². The minimum atomic E-state index is -0.503. The van der Waals surface area contributed by atoms with Gasteiger partial charge in [-0.3, -0.25) is 9.59 Å². The summed E-state index contributed by atoms with van der Waals surface area (Å²) in [4.78, 5) is 40.3. The number of amides is 1. The fourth-order valence-corrected chi connectivity index (χ4v) is 3.37. The Morgan fingerprint density at radius 2 is 2.04 bits per heavy atom. The van der Waals surface area contributed by atoms with Gasteiger partial charge in [-0.1, -0.05) is 30.3 Å². The zero-order valence-corrected chi connectivity index (χ0v) is 15.4. The summed E-state index contributed by atoms with van der Waals surface area (Å²) in [7, 11) is 0. The van der Waals surface area contributed by atoms with Crippen LogP contribution in [-0.2, 0) is 13.1 Å². The topological polar surface area (TPSA) is 118 Å². The van der Waals surface area contributed by atoms with E-state index in [0.29, 0.717) is 5.82 Å². The van der Waals surface area contributed by atoms with Crippen molar-refractivity contribution in [2.45, 2.75) is 13.1 Å². The fraction of sp³-hybridized carbons (Fsp3) is 0.111. The highest BCUT2D eigenvalue weighted by molar-refractivity contribution is 7.15. The van der Waals surface area contributed by atoms with Crippen LogP contribution in [-0.4, -0.2) is 35.6 Å². The summed E-state index contributed by atoms with van der Waals surface area (Å²) >= 11 is 1.49. The second kappa shape index (κ2) is 7.92. The number of thiazole rings is 1. The average molecular weight is 393 g/mol. The molecule has 28 heavy (non-hydrogen) atoms. The molecule has 3 aromatic heterocycles. The van der Waals surface area contributed by atoms with E-state index in [9.17, 15) is 9.59 Å². The van der Waals surface area contributed by atoms with E-state index >= 15 is 0 Å². The first kappa shape index (κ1) is 17.7. The van der Waals surface area contributed by atoms with Crippen LogP contribution in [0.5, 0.6) is 0 Å². The lowest BCUT2D eigenvalue weighted by molar-refractivity contribution is 0.0949. The quantitative estimate of drug-likeness (QED) is 0.512. The van der Waals surface area contributed by atoms with E-state index in [0.717, 1.165) is 15.4 Å². The van der Waals surface area contributed by atoms with Crippen molar-refractivity contribution in [3.8, 4) is 10.6 Å². The molecule has 0 aliphatic carbocycles. The number of benzene rings is 1. The number of hydrogen-bond donors (Lipinski definition) is 2. The highest BCUT2D eigenvalue weighted by atomic mass is 32.1.